The van der Waals surface area contributed by atoms with Gasteiger partial charge in [0.05, 0.1) is 6.61 Å². The summed E-state index contributed by atoms with van der Waals surface area (Å²) in [6.45, 7) is 15.0. The van der Waals surface area contributed by atoms with Gasteiger partial charge < -0.3 is 15.0 Å². The van der Waals surface area contributed by atoms with E-state index in [1.807, 2.05) is 0 Å². The van der Waals surface area contributed by atoms with E-state index in [1.54, 1.807) is 0 Å². The van der Waals surface area contributed by atoms with Crippen molar-refractivity contribution in [3.8, 4) is 0 Å². The van der Waals surface area contributed by atoms with Gasteiger partial charge in [-0.1, -0.05) is 13.8 Å². The van der Waals surface area contributed by atoms with Crippen LogP contribution in [-0.4, -0.2) is 50.3 Å². The highest BCUT2D eigenvalue weighted by atomic mass is 16.5. The van der Waals surface area contributed by atoms with Crippen molar-refractivity contribution in [2.45, 2.75) is 53.0 Å². The molecule has 0 spiro atoms. The average molecular weight is 244 g/mol. The molecule has 0 aliphatic heterocycles. The van der Waals surface area contributed by atoms with Gasteiger partial charge in [-0.3, -0.25) is 0 Å². The molecule has 0 saturated heterocycles. The molecule has 0 heterocycles. The lowest BCUT2D eigenvalue weighted by Crippen LogP contribution is -2.31. The predicted molar refractivity (Wildman–Crippen MR) is 75.6 cm³/mol. The summed E-state index contributed by atoms with van der Waals surface area (Å²) in [5.74, 6) is 0. The van der Waals surface area contributed by atoms with Gasteiger partial charge in [0.25, 0.3) is 0 Å². The van der Waals surface area contributed by atoms with Gasteiger partial charge in [0.1, 0.15) is 0 Å². The number of hydrogen-bond acceptors (Lipinski definition) is 3. The first kappa shape index (κ1) is 16.9. The molecule has 104 valence electrons. The minimum absolute atomic E-state index is 0.653. The van der Waals surface area contributed by atoms with Crippen LogP contribution in [0.1, 0.15) is 47.0 Å². The molecule has 0 amide bonds. The van der Waals surface area contributed by atoms with E-state index in [9.17, 15) is 0 Å². The third-order valence-electron chi connectivity index (χ3n) is 3.06. The van der Waals surface area contributed by atoms with Gasteiger partial charge >= 0.3 is 0 Å². The SMILES string of the molecule is CCCNC(C)CCCN(CC)CCOCC. The standard InChI is InChI=1S/C14H32N2O/c1-5-10-15-14(4)9-8-11-16(6-2)12-13-17-7-3/h14-15H,5-13H2,1-4H3. The molecular formula is C14H32N2O. The molecule has 0 bridgehead atoms. The molecule has 0 rings (SSSR count). The average Bonchev–Trinajstić information content (AvgIpc) is 2.34. The fraction of sp³-hybridized carbons (Fsp3) is 1.00. The lowest BCUT2D eigenvalue weighted by Gasteiger charge is -2.21. The molecule has 1 unspecified atom stereocenters. The van der Waals surface area contributed by atoms with E-state index in [0.717, 1.165) is 32.8 Å². The Hall–Kier alpha value is -0.120. The minimum atomic E-state index is 0.653. The summed E-state index contributed by atoms with van der Waals surface area (Å²) in [7, 11) is 0. The maximum absolute atomic E-state index is 5.39. The van der Waals surface area contributed by atoms with Crippen molar-refractivity contribution < 1.29 is 4.74 Å². The summed E-state index contributed by atoms with van der Waals surface area (Å²) >= 11 is 0. The quantitative estimate of drug-likeness (QED) is 0.534. The third-order valence-corrected chi connectivity index (χ3v) is 3.06. The number of rotatable bonds is 12. The van der Waals surface area contributed by atoms with Crippen LogP contribution in [-0.2, 0) is 4.74 Å². The molecule has 3 nitrogen and oxygen atoms in total. The first-order valence-corrected chi connectivity index (χ1v) is 7.28. The Kier molecular flexibility index (Phi) is 12.3. The van der Waals surface area contributed by atoms with Crippen molar-refractivity contribution in [3.63, 3.8) is 0 Å². The zero-order valence-corrected chi connectivity index (χ0v) is 12.3. The molecule has 0 aromatic carbocycles. The molecule has 0 aromatic heterocycles. The van der Waals surface area contributed by atoms with Gasteiger partial charge in [-0.25, -0.2) is 0 Å². The summed E-state index contributed by atoms with van der Waals surface area (Å²) in [4.78, 5) is 2.47. The number of nitrogens with zero attached hydrogens (tertiary/aromatic N) is 1. The van der Waals surface area contributed by atoms with Crippen molar-refractivity contribution in [3.05, 3.63) is 0 Å². The first-order valence-electron chi connectivity index (χ1n) is 7.28. The number of ether oxygens (including phenoxy) is 1. The molecular weight excluding hydrogens is 212 g/mol. The zero-order chi connectivity index (χ0) is 12.9. The van der Waals surface area contributed by atoms with Gasteiger partial charge in [0.2, 0.25) is 0 Å². The van der Waals surface area contributed by atoms with Crippen LogP contribution in [0.2, 0.25) is 0 Å². The molecule has 0 aliphatic carbocycles. The fourth-order valence-corrected chi connectivity index (χ4v) is 1.88. The zero-order valence-electron chi connectivity index (χ0n) is 12.3. The summed E-state index contributed by atoms with van der Waals surface area (Å²) in [5.41, 5.74) is 0. The van der Waals surface area contributed by atoms with Crippen molar-refractivity contribution in [2.75, 3.05) is 39.4 Å². The summed E-state index contributed by atoms with van der Waals surface area (Å²) in [6, 6.07) is 0.653. The Labute approximate surface area is 108 Å². The molecule has 0 radical (unpaired) electrons. The lowest BCUT2D eigenvalue weighted by molar-refractivity contribution is 0.114. The van der Waals surface area contributed by atoms with E-state index < -0.39 is 0 Å². The topological polar surface area (TPSA) is 24.5 Å². The number of nitrogens with one attached hydrogen (secondary N) is 1. The molecule has 0 aromatic rings. The number of likely N-dealkylation sites (N-methyl/N-ethyl adjacent to an activating group) is 1. The Morgan fingerprint density at radius 1 is 1.18 bits per heavy atom. The van der Waals surface area contributed by atoms with Crippen LogP contribution in [0.4, 0.5) is 0 Å². The normalized spacial score (nSPS) is 13.2. The van der Waals surface area contributed by atoms with Crippen molar-refractivity contribution >= 4 is 0 Å². The second-order valence-corrected chi connectivity index (χ2v) is 4.63. The smallest absolute Gasteiger partial charge is 0.0593 e. The highest BCUT2D eigenvalue weighted by Gasteiger charge is 2.04. The van der Waals surface area contributed by atoms with Crippen LogP contribution in [0, 0.1) is 0 Å². The van der Waals surface area contributed by atoms with Gasteiger partial charge in [-0.2, -0.15) is 0 Å². The fourth-order valence-electron chi connectivity index (χ4n) is 1.88. The van der Waals surface area contributed by atoms with Crippen LogP contribution < -0.4 is 5.32 Å². The molecule has 0 saturated carbocycles. The number of hydrogen-bond donors (Lipinski definition) is 1. The van der Waals surface area contributed by atoms with Crippen molar-refractivity contribution in [2.24, 2.45) is 0 Å². The third kappa shape index (κ3) is 10.7. The maximum atomic E-state index is 5.39. The lowest BCUT2D eigenvalue weighted by atomic mass is 10.1. The van der Waals surface area contributed by atoms with Crippen LogP contribution in [0.25, 0.3) is 0 Å². The summed E-state index contributed by atoms with van der Waals surface area (Å²) in [5, 5.41) is 3.53. The van der Waals surface area contributed by atoms with E-state index in [0.29, 0.717) is 6.04 Å². The van der Waals surface area contributed by atoms with Crippen LogP contribution >= 0.6 is 0 Å². The Morgan fingerprint density at radius 3 is 2.53 bits per heavy atom. The van der Waals surface area contributed by atoms with E-state index >= 15 is 0 Å². The highest BCUT2D eigenvalue weighted by molar-refractivity contribution is 4.62. The predicted octanol–water partition coefficient (Wildman–Crippen LogP) is 2.51. The second kappa shape index (κ2) is 12.3. The van der Waals surface area contributed by atoms with Gasteiger partial charge in [-0.15, -0.1) is 0 Å². The van der Waals surface area contributed by atoms with Gasteiger partial charge in [0, 0.05) is 19.2 Å². The first-order chi connectivity index (χ1) is 8.24. The minimum Gasteiger partial charge on any atom is -0.380 e. The molecule has 0 fully saturated rings. The van der Waals surface area contributed by atoms with E-state index in [2.05, 4.69) is 37.9 Å². The Balaban J connectivity index is 3.47. The summed E-state index contributed by atoms with van der Waals surface area (Å²) in [6.07, 6.45) is 3.77. The van der Waals surface area contributed by atoms with Crippen molar-refractivity contribution in [1.29, 1.82) is 0 Å². The van der Waals surface area contributed by atoms with Crippen LogP contribution in [0.5, 0.6) is 0 Å². The molecule has 17 heavy (non-hydrogen) atoms. The molecule has 0 aliphatic rings. The largest absolute Gasteiger partial charge is 0.380 e. The van der Waals surface area contributed by atoms with E-state index in [1.165, 1.54) is 25.8 Å². The summed E-state index contributed by atoms with van der Waals surface area (Å²) < 4.78 is 5.39. The van der Waals surface area contributed by atoms with Gasteiger partial charge in [-0.05, 0) is 52.7 Å². The van der Waals surface area contributed by atoms with Crippen LogP contribution in [0.15, 0.2) is 0 Å². The second-order valence-electron chi connectivity index (χ2n) is 4.63. The van der Waals surface area contributed by atoms with Crippen molar-refractivity contribution in [1.82, 2.24) is 10.2 Å². The molecule has 1 N–H and O–H groups in total. The maximum Gasteiger partial charge on any atom is 0.0593 e. The highest BCUT2D eigenvalue weighted by Crippen LogP contribution is 2.00. The Morgan fingerprint density at radius 2 is 1.94 bits per heavy atom. The van der Waals surface area contributed by atoms with E-state index in [-0.39, 0.29) is 0 Å². The van der Waals surface area contributed by atoms with Gasteiger partial charge in [0.15, 0.2) is 0 Å². The Bertz CT molecular complexity index is 153. The molecule has 1 atom stereocenters. The van der Waals surface area contributed by atoms with E-state index in [4.69, 9.17) is 4.74 Å². The molecule has 3 heteroatoms. The van der Waals surface area contributed by atoms with Crippen LogP contribution in [0.3, 0.4) is 0 Å². The monoisotopic (exact) mass is 244 g/mol.